The molecule has 110 valence electrons. The molecule has 1 heterocycles. The normalized spacial score (nSPS) is 17.3. The van der Waals surface area contributed by atoms with Crippen LogP contribution in [-0.4, -0.2) is 10.9 Å². The van der Waals surface area contributed by atoms with Gasteiger partial charge in [0, 0.05) is 17.3 Å². The number of thiazole rings is 1. The number of nitrogens with zero attached hydrogens (tertiary/aromatic N) is 1. The Hall–Kier alpha value is -1.68. The number of hydrogen-bond acceptors (Lipinski definition) is 3. The molecule has 1 unspecified atom stereocenters. The van der Waals surface area contributed by atoms with E-state index in [1.165, 1.54) is 21.7 Å². The number of nitrogens with one attached hydrogen (secondary N) is 1. The van der Waals surface area contributed by atoms with Crippen molar-refractivity contribution >= 4 is 17.2 Å². The summed E-state index contributed by atoms with van der Waals surface area (Å²) >= 11 is 1.74. The average molecular weight is 300 g/mol. The van der Waals surface area contributed by atoms with Gasteiger partial charge in [0.1, 0.15) is 0 Å². The summed E-state index contributed by atoms with van der Waals surface area (Å²) < 4.78 is 0. The molecule has 1 aliphatic rings. The first-order chi connectivity index (χ1) is 10.1. The van der Waals surface area contributed by atoms with Crippen LogP contribution in [0.5, 0.6) is 0 Å². The van der Waals surface area contributed by atoms with Gasteiger partial charge in [0.05, 0.1) is 10.7 Å². The second kappa shape index (κ2) is 5.98. The number of aromatic nitrogens is 1. The Balaban J connectivity index is 1.61. The fourth-order valence-corrected chi connectivity index (χ4v) is 3.93. The zero-order valence-corrected chi connectivity index (χ0v) is 13.3. The molecular weight excluding hydrogens is 280 g/mol. The van der Waals surface area contributed by atoms with Crippen molar-refractivity contribution in [2.75, 3.05) is 0 Å². The zero-order valence-electron chi connectivity index (χ0n) is 12.5. The quantitative estimate of drug-likeness (QED) is 0.946. The molecule has 0 spiro atoms. The predicted octanol–water partition coefficient (Wildman–Crippen LogP) is 3.18. The number of carbonyl (C=O) groups excluding carboxylic acids is 1. The van der Waals surface area contributed by atoms with Crippen molar-refractivity contribution in [2.45, 2.75) is 39.7 Å². The lowest BCUT2D eigenvalue weighted by molar-refractivity contribution is -0.125. The van der Waals surface area contributed by atoms with Crippen LogP contribution in [0, 0.1) is 19.8 Å². The maximum absolute atomic E-state index is 12.4. The van der Waals surface area contributed by atoms with Gasteiger partial charge < -0.3 is 5.32 Å². The van der Waals surface area contributed by atoms with E-state index in [0.717, 1.165) is 24.3 Å². The molecule has 0 bridgehead atoms. The molecule has 21 heavy (non-hydrogen) atoms. The van der Waals surface area contributed by atoms with Crippen molar-refractivity contribution in [2.24, 2.45) is 5.92 Å². The van der Waals surface area contributed by atoms with Crippen LogP contribution in [-0.2, 0) is 24.2 Å². The Labute approximate surface area is 129 Å². The summed E-state index contributed by atoms with van der Waals surface area (Å²) in [6.45, 7) is 4.74. The van der Waals surface area contributed by atoms with E-state index < -0.39 is 0 Å². The molecule has 2 aromatic rings. The number of fused-ring (bicyclic) bond motifs is 1. The number of rotatable bonds is 3. The summed E-state index contributed by atoms with van der Waals surface area (Å²) in [7, 11) is 0. The number of aryl methyl sites for hydroxylation is 3. The maximum atomic E-state index is 12.4. The summed E-state index contributed by atoms with van der Waals surface area (Å²) in [6, 6.07) is 8.19. The van der Waals surface area contributed by atoms with Crippen molar-refractivity contribution in [1.29, 1.82) is 0 Å². The van der Waals surface area contributed by atoms with Crippen molar-refractivity contribution in [3.05, 3.63) is 51.0 Å². The SMILES string of the molecule is Cc1nc2c(s1)CC(C(=O)NCc1ccccc1C)CC2. The van der Waals surface area contributed by atoms with Gasteiger partial charge >= 0.3 is 0 Å². The summed E-state index contributed by atoms with van der Waals surface area (Å²) in [6.07, 6.45) is 2.69. The van der Waals surface area contributed by atoms with Gasteiger partial charge in [-0.1, -0.05) is 24.3 Å². The first-order valence-electron chi connectivity index (χ1n) is 7.41. The Kier molecular flexibility index (Phi) is 4.06. The number of benzene rings is 1. The van der Waals surface area contributed by atoms with E-state index in [-0.39, 0.29) is 11.8 Å². The molecule has 1 aromatic heterocycles. The first kappa shape index (κ1) is 14.3. The summed E-state index contributed by atoms with van der Waals surface area (Å²) in [5.74, 6) is 0.274. The van der Waals surface area contributed by atoms with Crippen molar-refractivity contribution in [1.82, 2.24) is 10.3 Å². The third-order valence-electron chi connectivity index (χ3n) is 4.13. The van der Waals surface area contributed by atoms with Crippen LogP contribution in [0.4, 0.5) is 0 Å². The second-order valence-corrected chi connectivity index (χ2v) is 6.97. The van der Waals surface area contributed by atoms with Gasteiger partial charge in [-0.05, 0) is 44.2 Å². The van der Waals surface area contributed by atoms with Crippen LogP contribution in [0.3, 0.4) is 0 Å². The molecular formula is C17H20N2OS. The largest absolute Gasteiger partial charge is 0.352 e. The van der Waals surface area contributed by atoms with E-state index >= 15 is 0 Å². The van der Waals surface area contributed by atoms with Gasteiger partial charge in [-0.15, -0.1) is 11.3 Å². The highest BCUT2D eigenvalue weighted by Crippen LogP contribution is 2.29. The van der Waals surface area contributed by atoms with Crippen LogP contribution >= 0.6 is 11.3 Å². The van der Waals surface area contributed by atoms with E-state index in [4.69, 9.17) is 0 Å². The Morgan fingerprint density at radius 1 is 1.38 bits per heavy atom. The van der Waals surface area contributed by atoms with Crippen LogP contribution < -0.4 is 5.32 Å². The molecule has 3 rings (SSSR count). The minimum atomic E-state index is 0.0985. The molecule has 1 aliphatic carbocycles. The fourth-order valence-electron chi connectivity index (χ4n) is 2.86. The fraction of sp³-hybridized carbons (Fsp3) is 0.412. The first-order valence-corrected chi connectivity index (χ1v) is 8.22. The standard InChI is InChI=1S/C17H20N2OS/c1-11-5-3-4-6-14(11)10-18-17(20)13-7-8-15-16(9-13)21-12(2)19-15/h3-6,13H,7-10H2,1-2H3,(H,18,20). The molecule has 1 atom stereocenters. The average Bonchev–Trinajstić information content (AvgIpc) is 2.85. The van der Waals surface area contributed by atoms with Crippen LogP contribution in [0.1, 0.15) is 33.1 Å². The van der Waals surface area contributed by atoms with Gasteiger partial charge in [-0.25, -0.2) is 4.98 Å². The summed E-state index contributed by atoms with van der Waals surface area (Å²) in [5, 5.41) is 4.20. The minimum Gasteiger partial charge on any atom is -0.352 e. The molecule has 1 aromatic carbocycles. The van der Waals surface area contributed by atoms with Gasteiger partial charge in [0.15, 0.2) is 0 Å². The lowest BCUT2D eigenvalue weighted by Crippen LogP contribution is -2.33. The van der Waals surface area contributed by atoms with Crippen molar-refractivity contribution in [3.63, 3.8) is 0 Å². The molecule has 0 radical (unpaired) electrons. The van der Waals surface area contributed by atoms with E-state index in [2.05, 4.69) is 29.4 Å². The lowest BCUT2D eigenvalue weighted by atomic mass is 9.90. The molecule has 1 amide bonds. The van der Waals surface area contributed by atoms with E-state index in [0.29, 0.717) is 6.54 Å². The van der Waals surface area contributed by atoms with E-state index in [1.54, 1.807) is 11.3 Å². The molecule has 0 fully saturated rings. The predicted molar refractivity (Wildman–Crippen MR) is 85.4 cm³/mol. The Bertz CT molecular complexity index is 663. The Morgan fingerprint density at radius 3 is 3.00 bits per heavy atom. The Morgan fingerprint density at radius 2 is 2.19 bits per heavy atom. The van der Waals surface area contributed by atoms with E-state index in [1.807, 2.05) is 19.1 Å². The lowest BCUT2D eigenvalue weighted by Gasteiger charge is -2.20. The highest BCUT2D eigenvalue weighted by Gasteiger charge is 2.26. The highest BCUT2D eigenvalue weighted by atomic mass is 32.1. The number of amides is 1. The molecule has 3 nitrogen and oxygen atoms in total. The maximum Gasteiger partial charge on any atom is 0.223 e. The monoisotopic (exact) mass is 300 g/mol. The van der Waals surface area contributed by atoms with Gasteiger partial charge in [0.25, 0.3) is 0 Å². The third kappa shape index (κ3) is 3.16. The number of carbonyl (C=O) groups is 1. The number of hydrogen-bond donors (Lipinski definition) is 1. The molecule has 0 aliphatic heterocycles. The van der Waals surface area contributed by atoms with Crippen LogP contribution in [0.25, 0.3) is 0 Å². The molecule has 4 heteroatoms. The molecule has 0 saturated heterocycles. The second-order valence-electron chi connectivity index (χ2n) is 5.69. The van der Waals surface area contributed by atoms with Gasteiger partial charge in [0.2, 0.25) is 5.91 Å². The summed E-state index contributed by atoms with van der Waals surface area (Å²) in [5.41, 5.74) is 3.62. The molecule has 0 saturated carbocycles. The smallest absolute Gasteiger partial charge is 0.223 e. The highest BCUT2D eigenvalue weighted by molar-refractivity contribution is 7.11. The molecule has 1 N–H and O–H groups in total. The van der Waals surface area contributed by atoms with Crippen LogP contribution in [0.2, 0.25) is 0 Å². The minimum absolute atomic E-state index is 0.0985. The van der Waals surface area contributed by atoms with E-state index in [9.17, 15) is 4.79 Å². The van der Waals surface area contributed by atoms with Gasteiger partial charge in [-0.3, -0.25) is 4.79 Å². The summed E-state index contributed by atoms with van der Waals surface area (Å²) in [4.78, 5) is 18.2. The topological polar surface area (TPSA) is 42.0 Å². The third-order valence-corrected chi connectivity index (χ3v) is 5.17. The van der Waals surface area contributed by atoms with Crippen molar-refractivity contribution < 1.29 is 4.79 Å². The van der Waals surface area contributed by atoms with Gasteiger partial charge in [-0.2, -0.15) is 0 Å². The van der Waals surface area contributed by atoms with Crippen molar-refractivity contribution in [3.8, 4) is 0 Å². The zero-order chi connectivity index (χ0) is 14.8. The van der Waals surface area contributed by atoms with Crippen LogP contribution in [0.15, 0.2) is 24.3 Å².